The van der Waals surface area contributed by atoms with Crippen LogP contribution in [0.2, 0.25) is 0 Å². The van der Waals surface area contributed by atoms with E-state index in [1.165, 1.54) is 23.9 Å². The van der Waals surface area contributed by atoms with Crippen molar-refractivity contribution in [1.82, 2.24) is 43.6 Å². The number of hydrogen-bond donors (Lipinski definition) is 5. The topological polar surface area (TPSA) is 263 Å². The van der Waals surface area contributed by atoms with Crippen LogP contribution in [0.5, 0.6) is 5.75 Å². The second-order valence-corrected chi connectivity index (χ2v) is 16.8. The molecular formula is C45H56N14O6. The molecule has 0 saturated carbocycles. The van der Waals surface area contributed by atoms with Gasteiger partial charge in [-0.3, -0.25) is 39.2 Å². The Balaban J connectivity index is 1.14. The van der Waals surface area contributed by atoms with Crippen LogP contribution in [0.25, 0.3) is 22.1 Å². The number of nitrogens with zero attached hydrogens (tertiary/aromatic N) is 9. The van der Waals surface area contributed by atoms with E-state index in [2.05, 4.69) is 25.7 Å². The molecule has 65 heavy (non-hydrogen) atoms. The first-order valence-corrected chi connectivity index (χ1v) is 21.9. The van der Waals surface area contributed by atoms with Gasteiger partial charge >= 0.3 is 0 Å². The zero-order chi connectivity index (χ0) is 46.2. The highest BCUT2D eigenvalue weighted by atomic mass is 16.5. The summed E-state index contributed by atoms with van der Waals surface area (Å²) in [6.07, 6.45) is 7.42. The second kappa shape index (κ2) is 18.2. The van der Waals surface area contributed by atoms with Gasteiger partial charge in [-0.2, -0.15) is 10.2 Å². The lowest BCUT2D eigenvalue weighted by Gasteiger charge is -2.52. The molecule has 8 N–H and O–H groups in total. The molecule has 0 aliphatic carbocycles. The first-order valence-electron chi connectivity index (χ1n) is 21.9. The van der Waals surface area contributed by atoms with Crippen LogP contribution >= 0.6 is 0 Å². The summed E-state index contributed by atoms with van der Waals surface area (Å²) < 4.78 is 18.2. The van der Waals surface area contributed by atoms with Gasteiger partial charge in [0.1, 0.15) is 22.7 Å². The molecule has 2 fully saturated rings. The Bertz CT molecular complexity index is 2850. The summed E-state index contributed by atoms with van der Waals surface area (Å²) >= 11 is 0. The van der Waals surface area contributed by atoms with Crippen molar-refractivity contribution < 1.29 is 28.7 Å². The van der Waals surface area contributed by atoms with Crippen molar-refractivity contribution in [3.8, 4) is 5.75 Å². The lowest BCUT2D eigenvalue weighted by atomic mass is 9.73. The van der Waals surface area contributed by atoms with Crippen LogP contribution in [-0.2, 0) is 37.3 Å². The number of anilines is 3. The number of fused-ring (bicyclic) bond motifs is 2. The molecule has 6 heterocycles. The summed E-state index contributed by atoms with van der Waals surface area (Å²) in [7, 11) is 1.47. The lowest BCUT2D eigenvalue weighted by Crippen LogP contribution is -2.58. The van der Waals surface area contributed by atoms with Crippen LogP contribution < -0.4 is 32.6 Å². The van der Waals surface area contributed by atoms with Gasteiger partial charge in [0.15, 0.2) is 0 Å². The van der Waals surface area contributed by atoms with Crippen molar-refractivity contribution >= 4 is 63.3 Å². The zero-order valence-electron chi connectivity index (χ0n) is 37.4. The summed E-state index contributed by atoms with van der Waals surface area (Å²) in [5.74, 6) is -1.42. The Kier molecular flexibility index (Phi) is 12.5. The number of nitrogens with one attached hydrogen (secondary N) is 2. The number of methoxy groups -OCH3 is 1. The molecule has 342 valence electrons. The van der Waals surface area contributed by atoms with Gasteiger partial charge in [-0.05, 0) is 95.8 Å². The second-order valence-electron chi connectivity index (χ2n) is 16.8. The standard InChI is InChI=1S/C45H56N14O6/c1-6-58-33(19-26(3)53-58)41(62)51-43-49-31-21-29(39(47)60)20-28(11-10-14-55-24-45(25-55)12-17-65-18-13-45)36(31)56(43)15-8-9-16-57-37-32(22-30(40(48)61)23-34(37)64-5)50-44(57)52-42(63)38-35(46)27(4)54-59(38)7-2/h8-9,19-23H,6-7,10-18,24-25,46H2,1-5H3,(H2,47,60)(H2,48,61)(H,49,51,62)(H,50,52,63)/b9-8+. The Morgan fingerprint density at radius 1 is 0.815 bits per heavy atom. The predicted molar refractivity (Wildman–Crippen MR) is 245 cm³/mol. The third-order valence-corrected chi connectivity index (χ3v) is 12.4. The van der Waals surface area contributed by atoms with Crippen LogP contribution in [0.15, 0.2) is 42.5 Å². The highest BCUT2D eigenvalue weighted by Gasteiger charge is 2.43. The number of imidazole rings is 2. The van der Waals surface area contributed by atoms with Gasteiger partial charge in [-0.15, -0.1) is 0 Å². The quantitative estimate of drug-likeness (QED) is 0.0814. The average molecular weight is 889 g/mol. The lowest BCUT2D eigenvalue weighted by molar-refractivity contribution is -0.0804. The third-order valence-electron chi connectivity index (χ3n) is 12.4. The van der Waals surface area contributed by atoms with Crippen LogP contribution in [0.3, 0.4) is 0 Å². The van der Waals surface area contributed by atoms with Gasteiger partial charge in [-0.1, -0.05) is 12.2 Å². The van der Waals surface area contributed by atoms with E-state index in [1.807, 2.05) is 43.6 Å². The minimum Gasteiger partial charge on any atom is -0.494 e. The molecule has 0 bridgehead atoms. The number of nitrogen functional groups attached to an aromatic ring is 1. The van der Waals surface area contributed by atoms with E-state index in [0.717, 1.165) is 63.2 Å². The van der Waals surface area contributed by atoms with Gasteiger partial charge in [0.05, 0.1) is 40.7 Å². The minimum absolute atomic E-state index is 0.158. The zero-order valence-corrected chi connectivity index (χ0v) is 37.4. The van der Waals surface area contributed by atoms with Gasteiger partial charge in [-0.25, -0.2) is 9.97 Å². The van der Waals surface area contributed by atoms with Crippen molar-refractivity contribution in [3.63, 3.8) is 0 Å². The van der Waals surface area contributed by atoms with E-state index < -0.39 is 23.6 Å². The average Bonchev–Trinajstić information content (AvgIpc) is 4.02. The van der Waals surface area contributed by atoms with Crippen molar-refractivity contribution in [2.24, 2.45) is 16.9 Å². The van der Waals surface area contributed by atoms with Crippen molar-refractivity contribution in [1.29, 1.82) is 0 Å². The third kappa shape index (κ3) is 8.78. The van der Waals surface area contributed by atoms with Crippen molar-refractivity contribution in [2.45, 2.75) is 79.6 Å². The number of rotatable bonds is 17. The molecule has 0 unspecified atom stereocenters. The maximum atomic E-state index is 13.9. The minimum atomic E-state index is -0.670. The highest BCUT2D eigenvalue weighted by Crippen LogP contribution is 2.40. The number of carbonyl (C=O) groups excluding carboxylic acids is 4. The fourth-order valence-electron chi connectivity index (χ4n) is 9.16. The van der Waals surface area contributed by atoms with E-state index >= 15 is 0 Å². The van der Waals surface area contributed by atoms with Gasteiger partial charge in [0.2, 0.25) is 23.7 Å². The fraction of sp³-hybridized carbons (Fsp3) is 0.422. The largest absolute Gasteiger partial charge is 0.494 e. The van der Waals surface area contributed by atoms with Crippen LogP contribution in [0.1, 0.15) is 91.8 Å². The van der Waals surface area contributed by atoms with Crippen LogP contribution in [0, 0.1) is 19.3 Å². The summed E-state index contributed by atoms with van der Waals surface area (Å²) in [6.45, 7) is 13.2. The molecule has 8 rings (SSSR count). The molecule has 20 nitrogen and oxygen atoms in total. The summed E-state index contributed by atoms with van der Waals surface area (Å²) in [6, 6.07) is 8.26. The molecule has 6 aromatic rings. The predicted octanol–water partition coefficient (Wildman–Crippen LogP) is 4.03. The highest BCUT2D eigenvalue weighted by molar-refractivity contribution is 6.07. The van der Waals surface area contributed by atoms with Crippen LogP contribution in [0.4, 0.5) is 17.6 Å². The molecule has 4 aromatic heterocycles. The van der Waals surface area contributed by atoms with E-state index in [0.29, 0.717) is 69.9 Å². The number of hydrogen-bond acceptors (Lipinski definition) is 12. The number of likely N-dealkylation sites (tertiary alicyclic amines) is 1. The smallest absolute Gasteiger partial charge is 0.278 e. The molecule has 0 atom stereocenters. The summed E-state index contributed by atoms with van der Waals surface area (Å²) in [5.41, 5.74) is 23.7. The maximum absolute atomic E-state index is 13.9. The molecule has 2 aliphatic rings. The first-order chi connectivity index (χ1) is 31.2. The number of benzene rings is 2. The van der Waals surface area contributed by atoms with E-state index in [4.69, 9.17) is 36.6 Å². The Hall–Kier alpha value is -7.06. The first kappa shape index (κ1) is 44.5. The van der Waals surface area contributed by atoms with Gasteiger partial charge in [0, 0.05) is 69.0 Å². The molecule has 4 amide bonds. The SMILES string of the molecule is CCn1nc(C)cc1C(=O)Nc1nc2cc(C(N)=O)cc(CCCN3CC4(CCOCC4)C3)c2n1C/C=C/Cn1c(NC(=O)c2c(N)c(C)nn2CC)nc2cc(C(N)=O)cc(OC)c21. The number of ether oxygens (including phenoxy) is 2. The van der Waals surface area contributed by atoms with Crippen molar-refractivity contribution in [3.05, 3.63) is 81.9 Å². The van der Waals surface area contributed by atoms with E-state index in [1.54, 1.807) is 28.3 Å². The normalized spacial score (nSPS) is 15.0. The Labute approximate surface area is 375 Å². The summed E-state index contributed by atoms with van der Waals surface area (Å²) in [4.78, 5) is 64.8. The molecule has 2 saturated heterocycles. The Morgan fingerprint density at radius 2 is 1.42 bits per heavy atom. The maximum Gasteiger partial charge on any atom is 0.278 e. The number of primary amides is 2. The fourth-order valence-corrected chi connectivity index (χ4v) is 9.16. The number of aryl methyl sites for hydroxylation is 5. The molecule has 2 aromatic carbocycles. The number of allylic oxidation sites excluding steroid dienone is 2. The number of amides is 4. The monoisotopic (exact) mass is 888 g/mol. The van der Waals surface area contributed by atoms with Crippen LogP contribution in [-0.4, -0.2) is 107 Å². The molecule has 1 spiro atoms. The molecule has 2 aliphatic heterocycles. The van der Waals surface area contributed by atoms with Gasteiger partial charge in [0.25, 0.3) is 11.8 Å². The number of carbonyl (C=O) groups is 4. The molecular weight excluding hydrogens is 833 g/mol. The van der Waals surface area contributed by atoms with Gasteiger partial charge < -0.3 is 40.7 Å². The molecule has 0 radical (unpaired) electrons. The van der Waals surface area contributed by atoms with Crippen molar-refractivity contribution in [2.75, 3.05) is 56.3 Å². The van der Waals surface area contributed by atoms with E-state index in [-0.39, 0.29) is 41.9 Å². The van der Waals surface area contributed by atoms with E-state index in [9.17, 15) is 19.2 Å². The number of nitrogens with two attached hydrogens (primary N) is 3. The Morgan fingerprint density at radius 3 is 2.03 bits per heavy atom. The number of aromatic nitrogens is 8. The molecule has 20 heteroatoms. The summed E-state index contributed by atoms with van der Waals surface area (Å²) in [5, 5.41) is 14.8.